The molecule has 3 aliphatic rings. The molecule has 7 heteroatoms. The molecule has 0 amide bonds. The Kier molecular flexibility index (Phi) is 6.89. The largest absolute Gasteiger partial charge is 0.475 e. The van der Waals surface area contributed by atoms with E-state index in [2.05, 4.69) is 4.90 Å². The van der Waals surface area contributed by atoms with Gasteiger partial charge in [0.2, 0.25) is 5.76 Å². The highest BCUT2D eigenvalue weighted by molar-refractivity contribution is 5.84. The number of furan rings is 1. The zero-order valence-electron chi connectivity index (χ0n) is 21.5. The molecule has 3 fully saturated rings. The van der Waals surface area contributed by atoms with E-state index < -0.39 is 5.97 Å². The van der Waals surface area contributed by atoms with Gasteiger partial charge in [-0.2, -0.15) is 0 Å². The van der Waals surface area contributed by atoms with Crippen LogP contribution >= 0.6 is 0 Å². The van der Waals surface area contributed by atoms with Gasteiger partial charge in [0.15, 0.2) is 0 Å². The van der Waals surface area contributed by atoms with Gasteiger partial charge >= 0.3 is 5.97 Å². The second-order valence-electron chi connectivity index (χ2n) is 11.2. The molecule has 2 aliphatic heterocycles. The van der Waals surface area contributed by atoms with Gasteiger partial charge in [0.05, 0.1) is 11.0 Å². The number of aromatic carboxylic acids is 1. The van der Waals surface area contributed by atoms with Crippen LogP contribution in [0.5, 0.6) is 0 Å². The fourth-order valence-corrected chi connectivity index (χ4v) is 7.32. The third kappa shape index (κ3) is 4.86. The number of benzene rings is 1. The summed E-state index contributed by atoms with van der Waals surface area (Å²) in [5.74, 6) is -0.605. The SMILES string of the molecule is O=C(O)c1ccc(CCc2nc3ccccc3n(C3C[C@H]4CC[C@@H](C3)N4C3CCCCCCC3)c2=O)o1. The molecule has 2 saturated heterocycles. The van der Waals surface area contributed by atoms with Crippen LogP contribution in [0.15, 0.2) is 45.6 Å². The molecule has 4 heterocycles. The van der Waals surface area contributed by atoms with E-state index in [1.54, 1.807) is 6.07 Å². The summed E-state index contributed by atoms with van der Waals surface area (Å²) in [4.78, 5) is 32.7. The van der Waals surface area contributed by atoms with E-state index in [0.717, 1.165) is 23.9 Å². The molecule has 37 heavy (non-hydrogen) atoms. The van der Waals surface area contributed by atoms with Crippen LogP contribution in [-0.4, -0.2) is 43.7 Å². The zero-order valence-corrected chi connectivity index (χ0v) is 21.5. The number of para-hydroxylation sites is 2. The van der Waals surface area contributed by atoms with E-state index in [0.29, 0.717) is 42.4 Å². The number of fused-ring (bicyclic) bond motifs is 3. The monoisotopic (exact) mass is 503 g/mol. The Labute approximate surface area is 217 Å². The average Bonchev–Trinajstić information content (AvgIpc) is 3.45. The van der Waals surface area contributed by atoms with Crippen molar-refractivity contribution in [2.24, 2.45) is 0 Å². The van der Waals surface area contributed by atoms with Crippen LogP contribution in [0.3, 0.4) is 0 Å². The molecule has 0 spiro atoms. The Bertz CT molecular complexity index is 1310. The van der Waals surface area contributed by atoms with E-state index in [1.807, 2.05) is 28.8 Å². The molecule has 7 nitrogen and oxygen atoms in total. The first-order chi connectivity index (χ1) is 18.1. The van der Waals surface area contributed by atoms with Gasteiger partial charge < -0.3 is 14.1 Å². The molecular weight excluding hydrogens is 466 g/mol. The summed E-state index contributed by atoms with van der Waals surface area (Å²) in [6.07, 6.45) is 14.9. The number of aromatic nitrogens is 2. The topological polar surface area (TPSA) is 88.6 Å². The van der Waals surface area contributed by atoms with Crippen molar-refractivity contribution >= 4 is 17.0 Å². The smallest absolute Gasteiger partial charge is 0.371 e. The lowest BCUT2D eigenvalue weighted by Crippen LogP contribution is -2.50. The Hall–Kier alpha value is -2.93. The minimum atomic E-state index is -1.09. The number of hydrogen-bond acceptors (Lipinski definition) is 5. The van der Waals surface area contributed by atoms with Crippen LogP contribution in [0.4, 0.5) is 0 Å². The normalized spacial score (nSPS) is 25.2. The van der Waals surface area contributed by atoms with Gasteiger partial charge in [0, 0.05) is 37.0 Å². The van der Waals surface area contributed by atoms with Gasteiger partial charge in [-0.05, 0) is 62.8 Å². The zero-order chi connectivity index (χ0) is 25.4. The van der Waals surface area contributed by atoms with Crippen molar-refractivity contribution in [2.45, 2.75) is 108 Å². The lowest BCUT2D eigenvalue weighted by Gasteiger charge is -2.45. The molecule has 3 aromatic rings. The number of rotatable bonds is 6. The summed E-state index contributed by atoms with van der Waals surface area (Å²) < 4.78 is 7.47. The molecule has 2 bridgehead atoms. The molecule has 196 valence electrons. The summed E-state index contributed by atoms with van der Waals surface area (Å²) in [5, 5.41) is 9.14. The van der Waals surface area contributed by atoms with E-state index in [9.17, 15) is 9.59 Å². The number of carboxylic acid groups (broad SMARTS) is 1. The summed E-state index contributed by atoms with van der Waals surface area (Å²) in [5.41, 5.74) is 2.29. The van der Waals surface area contributed by atoms with Gasteiger partial charge in [-0.3, -0.25) is 9.69 Å². The molecule has 6 rings (SSSR count). The molecule has 2 aromatic heterocycles. The summed E-state index contributed by atoms with van der Waals surface area (Å²) in [7, 11) is 0. The number of aryl methyl sites for hydroxylation is 2. The molecule has 0 radical (unpaired) electrons. The number of hydrogen-bond donors (Lipinski definition) is 1. The van der Waals surface area contributed by atoms with Crippen molar-refractivity contribution in [3.63, 3.8) is 0 Å². The fraction of sp³-hybridized carbons (Fsp3) is 0.567. The second kappa shape index (κ2) is 10.4. The quantitative estimate of drug-likeness (QED) is 0.461. The van der Waals surface area contributed by atoms with Crippen molar-refractivity contribution < 1.29 is 14.3 Å². The van der Waals surface area contributed by atoms with Crippen molar-refractivity contribution in [2.75, 3.05) is 0 Å². The van der Waals surface area contributed by atoms with Gasteiger partial charge in [-0.15, -0.1) is 0 Å². The van der Waals surface area contributed by atoms with Crippen LogP contribution in [0.25, 0.3) is 11.0 Å². The van der Waals surface area contributed by atoms with E-state index in [1.165, 1.54) is 63.9 Å². The summed E-state index contributed by atoms with van der Waals surface area (Å²) in [6.45, 7) is 0. The molecule has 1 aliphatic carbocycles. The van der Waals surface area contributed by atoms with Gasteiger partial charge in [-0.1, -0.05) is 44.2 Å². The van der Waals surface area contributed by atoms with Gasteiger partial charge in [0.1, 0.15) is 11.5 Å². The van der Waals surface area contributed by atoms with Crippen LogP contribution < -0.4 is 5.56 Å². The summed E-state index contributed by atoms with van der Waals surface area (Å²) in [6, 6.07) is 13.1. The molecule has 1 N–H and O–H groups in total. The molecule has 1 unspecified atom stereocenters. The molecular formula is C30H37N3O4. The number of nitrogens with zero attached hydrogens (tertiary/aromatic N) is 3. The molecule has 1 aromatic carbocycles. The first-order valence-corrected chi connectivity index (χ1v) is 14.2. The highest BCUT2D eigenvalue weighted by atomic mass is 16.4. The Morgan fingerprint density at radius 2 is 1.57 bits per heavy atom. The van der Waals surface area contributed by atoms with Crippen molar-refractivity contribution in [3.05, 3.63) is 64.0 Å². The minimum Gasteiger partial charge on any atom is -0.475 e. The van der Waals surface area contributed by atoms with Crippen LogP contribution in [0, 0.1) is 0 Å². The lowest BCUT2D eigenvalue weighted by atomic mass is 9.89. The molecule has 1 saturated carbocycles. The van der Waals surface area contributed by atoms with Gasteiger partial charge in [-0.25, -0.2) is 9.78 Å². The van der Waals surface area contributed by atoms with Crippen LogP contribution in [0.1, 0.15) is 98.7 Å². The summed E-state index contributed by atoms with van der Waals surface area (Å²) >= 11 is 0. The minimum absolute atomic E-state index is 0.00693. The first kappa shape index (κ1) is 24.4. The predicted molar refractivity (Wildman–Crippen MR) is 142 cm³/mol. The fourth-order valence-electron chi connectivity index (χ4n) is 7.32. The average molecular weight is 504 g/mol. The Morgan fingerprint density at radius 3 is 2.27 bits per heavy atom. The van der Waals surface area contributed by atoms with Crippen LogP contribution in [0.2, 0.25) is 0 Å². The standard InChI is InChI=1S/C30H37N3O4/c34-29-26(16-14-24-15-17-28(37-24)30(35)36)31-25-10-6-7-11-27(25)33(29)23-18-21-12-13-22(19-23)32(21)20-8-4-2-1-3-5-9-20/h6-7,10-11,15,17,20-23H,1-5,8-9,12-14,16,18-19H2,(H,35,36)/t21-,22+,23?. The Morgan fingerprint density at radius 1 is 0.865 bits per heavy atom. The predicted octanol–water partition coefficient (Wildman–Crippen LogP) is 5.75. The van der Waals surface area contributed by atoms with Crippen molar-refractivity contribution in [1.82, 2.24) is 14.5 Å². The van der Waals surface area contributed by atoms with Crippen molar-refractivity contribution in [3.8, 4) is 0 Å². The maximum absolute atomic E-state index is 13.9. The second-order valence-corrected chi connectivity index (χ2v) is 11.2. The van der Waals surface area contributed by atoms with Gasteiger partial charge in [0.25, 0.3) is 5.56 Å². The van der Waals surface area contributed by atoms with E-state index >= 15 is 0 Å². The van der Waals surface area contributed by atoms with E-state index in [-0.39, 0.29) is 17.4 Å². The van der Waals surface area contributed by atoms with Crippen molar-refractivity contribution in [1.29, 1.82) is 0 Å². The third-order valence-electron chi connectivity index (χ3n) is 8.97. The third-order valence-corrected chi connectivity index (χ3v) is 8.97. The Balaban J connectivity index is 1.27. The number of carbonyl (C=O) groups is 1. The lowest BCUT2D eigenvalue weighted by molar-refractivity contribution is 0.0497. The highest BCUT2D eigenvalue weighted by Gasteiger charge is 2.44. The maximum atomic E-state index is 13.9. The number of carboxylic acids is 1. The van der Waals surface area contributed by atoms with E-state index in [4.69, 9.17) is 14.5 Å². The maximum Gasteiger partial charge on any atom is 0.371 e. The first-order valence-electron chi connectivity index (χ1n) is 14.2. The highest BCUT2D eigenvalue weighted by Crippen LogP contribution is 2.44. The van der Waals surface area contributed by atoms with Crippen LogP contribution in [-0.2, 0) is 12.8 Å². The molecule has 3 atom stereocenters. The number of piperidine rings is 1.